The van der Waals surface area contributed by atoms with Crippen molar-refractivity contribution in [2.75, 3.05) is 27.4 Å². The van der Waals surface area contributed by atoms with Crippen molar-refractivity contribution in [1.29, 1.82) is 0 Å². The zero-order valence-electron chi connectivity index (χ0n) is 10.6. The van der Waals surface area contributed by atoms with E-state index in [1.54, 1.807) is 27.2 Å². The summed E-state index contributed by atoms with van der Waals surface area (Å²) in [4.78, 5) is 0. The normalized spacial score (nSPS) is 12.2. The number of rotatable bonds is 7. The molecule has 0 unspecified atom stereocenters. The van der Waals surface area contributed by atoms with Crippen molar-refractivity contribution in [1.82, 2.24) is 0 Å². The zero-order chi connectivity index (χ0) is 12.7. The number of aliphatic hydroxyl groups excluding tert-OH is 1. The highest BCUT2D eigenvalue weighted by molar-refractivity contribution is 5.43. The van der Waals surface area contributed by atoms with Gasteiger partial charge in [0, 0.05) is 20.1 Å². The van der Waals surface area contributed by atoms with Crippen molar-refractivity contribution in [3.63, 3.8) is 0 Å². The molecule has 0 bridgehead atoms. The minimum atomic E-state index is -0.508. The Labute approximate surface area is 102 Å². The molecule has 1 rings (SSSR count). The van der Waals surface area contributed by atoms with E-state index in [9.17, 15) is 5.11 Å². The summed E-state index contributed by atoms with van der Waals surface area (Å²) in [7, 11) is 3.25. The highest BCUT2D eigenvalue weighted by Gasteiger charge is 2.08. The van der Waals surface area contributed by atoms with Crippen LogP contribution in [0.2, 0.25) is 0 Å². The van der Waals surface area contributed by atoms with Crippen LogP contribution in [0.1, 0.15) is 25.0 Å². The monoisotopic (exact) mass is 240 g/mol. The molecule has 0 radical (unpaired) electrons. The van der Waals surface area contributed by atoms with Crippen LogP contribution >= 0.6 is 0 Å². The first-order valence-corrected chi connectivity index (χ1v) is 5.66. The van der Waals surface area contributed by atoms with E-state index in [1.165, 1.54) is 0 Å². The first-order valence-electron chi connectivity index (χ1n) is 5.66. The summed E-state index contributed by atoms with van der Waals surface area (Å²) in [5.74, 6) is 1.33. The number of hydrogen-bond donors (Lipinski definition) is 1. The minimum Gasteiger partial charge on any atom is -0.493 e. The molecule has 96 valence electrons. The summed E-state index contributed by atoms with van der Waals surface area (Å²) < 4.78 is 15.7. The number of ether oxygens (including phenoxy) is 3. The second kappa shape index (κ2) is 7.14. The Kier molecular flexibility index (Phi) is 5.80. The second-order valence-corrected chi connectivity index (χ2v) is 3.78. The van der Waals surface area contributed by atoms with Crippen LogP contribution in [-0.4, -0.2) is 32.5 Å². The summed E-state index contributed by atoms with van der Waals surface area (Å²) in [5.41, 5.74) is 0.811. The van der Waals surface area contributed by atoms with Crippen LogP contribution in [0.4, 0.5) is 0 Å². The van der Waals surface area contributed by atoms with E-state index in [0.717, 1.165) is 12.0 Å². The van der Waals surface area contributed by atoms with Crippen LogP contribution in [-0.2, 0) is 4.74 Å². The predicted molar refractivity (Wildman–Crippen MR) is 65.6 cm³/mol. The Morgan fingerprint density at radius 1 is 1.18 bits per heavy atom. The molecular formula is C13H20O4. The van der Waals surface area contributed by atoms with Crippen molar-refractivity contribution in [2.24, 2.45) is 0 Å². The molecule has 1 N–H and O–H groups in total. The molecule has 0 aliphatic rings. The molecule has 1 aromatic carbocycles. The van der Waals surface area contributed by atoms with E-state index in [4.69, 9.17) is 14.2 Å². The van der Waals surface area contributed by atoms with Gasteiger partial charge in [0.05, 0.1) is 19.8 Å². The summed E-state index contributed by atoms with van der Waals surface area (Å²) >= 11 is 0. The second-order valence-electron chi connectivity index (χ2n) is 3.78. The molecule has 4 heteroatoms. The molecule has 4 nitrogen and oxygen atoms in total. The topological polar surface area (TPSA) is 47.9 Å². The van der Waals surface area contributed by atoms with Crippen molar-refractivity contribution in [3.05, 3.63) is 23.8 Å². The van der Waals surface area contributed by atoms with E-state index >= 15 is 0 Å². The molecular weight excluding hydrogens is 220 g/mol. The Balaban J connectivity index is 2.65. The molecule has 0 fully saturated rings. The van der Waals surface area contributed by atoms with Gasteiger partial charge >= 0.3 is 0 Å². The van der Waals surface area contributed by atoms with Gasteiger partial charge in [-0.2, -0.15) is 0 Å². The fraction of sp³-hybridized carbons (Fsp3) is 0.538. The van der Waals surface area contributed by atoms with E-state index in [0.29, 0.717) is 24.7 Å². The van der Waals surface area contributed by atoms with Crippen molar-refractivity contribution < 1.29 is 19.3 Å². The highest BCUT2D eigenvalue weighted by atomic mass is 16.5. The summed E-state index contributed by atoms with van der Waals surface area (Å²) in [5, 5.41) is 9.47. The van der Waals surface area contributed by atoms with E-state index in [-0.39, 0.29) is 0 Å². The van der Waals surface area contributed by atoms with Crippen molar-refractivity contribution in [2.45, 2.75) is 19.4 Å². The van der Waals surface area contributed by atoms with Crippen molar-refractivity contribution >= 4 is 0 Å². The molecule has 1 aromatic rings. The number of benzene rings is 1. The van der Waals surface area contributed by atoms with Crippen molar-refractivity contribution in [3.8, 4) is 11.5 Å². The lowest BCUT2D eigenvalue weighted by Crippen LogP contribution is -2.03. The molecule has 0 spiro atoms. The zero-order valence-corrected chi connectivity index (χ0v) is 10.6. The Hall–Kier alpha value is -1.26. The van der Waals surface area contributed by atoms with E-state index in [2.05, 4.69) is 0 Å². The van der Waals surface area contributed by atoms with Gasteiger partial charge in [0.15, 0.2) is 11.5 Å². The lowest BCUT2D eigenvalue weighted by Gasteiger charge is -2.13. The molecule has 0 aromatic heterocycles. The van der Waals surface area contributed by atoms with Gasteiger partial charge in [0.2, 0.25) is 0 Å². The number of aliphatic hydroxyl groups is 1. The first-order chi connectivity index (χ1) is 8.19. The van der Waals surface area contributed by atoms with Gasteiger partial charge in [0.1, 0.15) is 0 Å². The van der Waals surface area contributed by atoms with Crippen LogP contribution in [0.3, 0.4) is 0 Å². The Morgan fingerprint density at radius 3 is 2.53 bits per heavy atom. The van der Waals surface area contributed by atoms with Gasteiger partial charge in [-0.15, -0.1) is 0 Å². The summed E-state index contributed by atoms with van der Waals surface area (Å²) in [6.45, 7) is 2.97. The SMILES string of the molecule is COCCCOc1ccc([C@@H](C)O)cc1OC. The average Bonchev–Trinajstić information content (AvgIpc) is 2.34. The van der Waals surface area contributed by atoms with Gasteiger partial charge in [-0.25, -0.2) is 0 Å². The minimum absolute atomic E-state index is 0.508. The fourth-order valence-corrected chi connectivity index (χ4v) is 1.45. The largest absolute Gasteiger partial charge is 0.493 e. The van der Waals surface area contributed by atoms with Gasteiger partial charge < -0.3 is 19.3 Å². The highest BCUT2D eigenvalue weighted by Crippen LogP contribution is 2.30. The summed E-state index contributed by atoms with van der Waals surface area (Å²) in [6, 6.07) is 5.43. The molecule has 0 aliphatic carbocycles. The lowest BCUT2D eigenvalue weighted by atomic mass is 10.1. The molecule has 0 amide bonds. The molecule has 0 aliphatic heterocycles. The van der Waals surface area contributed by atoms with Crippen LogP contribution in [0, 0.1) is 0 Å². The first kappa shape index (κ1) is 13.8. The van der Waals surface area contributed by atoms with Crippen LogP contribution < -0.4 is 9.47 Å². The standard InChI is InChI=1S/C13H20O4/c1-10(14)11-5-6-12(13(9-11)16-3)17-8-4-7-15-2/h5-6,9-10,14H,4,7-8H2,1-3H3/t10-/m1/s1. The molecule has 0 saturated heterocycles. The molecule has 0 heterocycles. The third-order valence-corrected chi connectivity index (χ3v) is 2.42. The third-order valence-electron chi connectivity index (χ3n) is 2.42. The van der Waals surface area contributed by atoms with Gasteiger partial charge in [0.25, 0.3) is 0 Å². The van der Waals surface area contributed by atoms with Crippen LogP contribution in [0.15, 0.2) is 18.2 Å². The van der Waals surface area contributed by atoms with Gasteiger partial charge in [-0.05, 0) is 24.6 Å². The third kappa shape index (κ3) is 4.24. The summed E-state index contributed by atoms with van der Waals surface area (Å²) in [6.07, 6.45) is 0.323. The quantitative estimate of drug-likeness (QED) is 0.742. The smallest absolute Gasteiger partial charge is 0.161 e. The predicted octanol–water partition coefficient (Wildman–Crippen LogP) is 2.16. The number of methoxy groups -OCH3 is 2. The maximum atomic E-state index is 9.47. The molecule has 1 atom stereocenters. The van der Waals surface area contributed by atoms with E-state index < -0.39 is 6.10 Å². The Morgan fingerprint density at radius 2 is 1.94 bits per heavy atom. The molecule has 0 saturated carbocycles. The average molecular weight is 240 g/mol. The van der Waals surface area contributed by atoms with Crippen LogP contribution in [0.5, 0.6) is 11.5 Å². The Bertz CT molecular complexity index is 336. The fourth-order valence-electron chi connectivity index (χ4n) is 1.45. The maximum Gasteiger partial charge on any atom is 0.161 e. The number of hydrogen-bond acceptors (Lipinski definition) is 4. The van der Waals surface area contributed by atoms with Gasteiger partial charge in [-0.1, -0.05) is 6.07 Å². The lowest BCUT2D eigenvalue weighted by molar-refractivity contribution is 0.170. The van der Waals surface area contributed by atoms with Crippen LogP contribution in [0.25, 0.3) is 0 Å². The maximum absolute atomic E-state index is 9.47. The van der Waals surface area contributed by atoms with E-state index in [1.807, 2.05) is 12.1 Å². The molecule has 17 heavy (non-hydrogen) atoms. The van der Waals surface area contributed by atoms with Gasteiger partial charge in [-0.3, -0.25) is 0 Å².